The smallest absolute Gasteiger partial charge is 0.319 e. The highest BCUT2D eigenvalue weighted by atomic mass is 19.1. The van der Waals surface area contributed by atoms with Crippen molar-refractivity contribution in [2.75, 3.05) is 5.32 Å². The van der Waals surface area contributed by atoms with E-state index < -0.39 is 41.1 Å². The van der Waals surface area contributed by atoms with Crippen molar-refractivity contribution in [1.29, 1.82) is 0 Å². The molecule has 0 aliphatic heterocycles. The minimum atomic E-state index is -1.22. The first-order chi connectivity index (χ1) is 9.86. The van der Waals surface area contributed by atoms with Gasteiger partial charge < -0.3 is 15.7 Å². The van der Waals surface area contributed by atoms with E-state index in [1.807, 2.05) is 5.32 Å². The SMILES string of the molecule is O=C(Nc1c(F)cc(F)cc1F)NC1CCC(C(=O)O)C1. The number of anilines is 1. The summed E-state index contributed by atoms with van der Waals surface area (Å²) in [5, 5.41) is 13.2. The average Bonchev–Trinajstić information content (AvgIpc) is 2.82. The van der Waals surface area contributed by atoms with Gasteiger partial charge in [0.1, 0.15) is 11.5 Å². The van der Waals surface area contributed by atoms with Crippen LogP contribution in [0.3, 0.4) is 0 Å². The normalized spacial score (nSPS) is 21.1. The summed E-state index contributed by atoms with van der Waals surface area (Å²) in [5.74, 6) is -5.00. The number of aliphatic carboxylic acids is 1. The molecule has 1 aliphatic rings. The molecule has 3 N–H and O–H groups in total. The fourth-order valence-electron chi connectivity index (χ4n) is 2.33. The van der Waals surface area contributed by atoms with Crippen molar-refractivity contribution in [2.24, 2.45) is 5.92 Å². The molecule has 2 atom stereocenters. The van der Waals surface area contributed by atoms with E-state index in [0.717, 1.165) is 0 Å². The van der Waals surface area contributed by atoms with Gasteiger partial charge in [0.25, 0.3) is 0 Å². The van der Waals surface area contributed by atoms with E-state index in [-0.39, 0.29) is 12.5 Å². The first-order valence-electron chi connectivity index (χ1n) is 6.31. The topological polar surface area (TPSA) is 78.4 Å². The van der Waals surface area contributed by atoms with Crippen LogP contribution >= 0.6 is 0 Å². The number of halogens is 3. The van der Waals surface area contributed by atoms with Gasteiger partial charge in [0.05, 0.1) is 5.92 Å². The number of carbonyl (C=O) groups excluding carboxylic acids is 1. The standard InChI is InChI=1S/C13H13F3N2O3/c14-7-4-9(15)11(10(16)5-7)18-13(21)17-8-2-1-6(3-8)12(19)20/h4-6,8H,1-3H2,(H,19,20)(H2,17,18,21). The van der Waals surface area contributed by atoms with Crippen LogP contribution in [0.2, 0.25) is 0 Å². The van der Waals surface area contributed by atoms with Gasteiger partial charge in [0.15, 0.2) is 11.6 Å². The third kappa shape index (κ3) is 3.65. The highest BCUT2D eigenvalue weighted by molar-refractivity contribution is 5.89. The summed E-state index contributed by atoms with van der Waals surface area (Å²) in [7, 11) is 0. The van der Waals surface area contributed by atoms with Crippen LogP contribution in [0.1, 0.15) is 19.3 Å². The van der Waals surface area contributed by atoms with E-state index in [2.05, 4.69) is 5.32 Å². The molecule has 0 spiro atoms. The van der Waals surface area contributed by atoms with Gasteiger partial charge in [-0.25, -0.2) is 18.0 Å². The number of hydrogen-bond acceptors (Lipinski definition) is 2. The molecule has 114 valence electrons. The zero-order valence-corrected chi connectivity index (χ0v) is 10.8. The molecule has 1 aromatic rings. The molecule has 0 saturated heterocycles. The Hall–Kier alpha value is -2.25. The summed E-state index contributed by atoms with van der Waals surface area (Å²) in [4.78, 5) is 22.4. The van der Waals surface area contributed by atoms with E-state index in [0.29, 0.717) is 25.0 Å². The number of carboxylic acid groups (broad SMARTS) is 1. The van der Waals surface area contributed by atoms with Crippen LogP contribution in [-0.4, -0.2) is 23.1 Å². The Bertz CT molecular complexity index is 557. The highest BCUT2D eigenvalue weighted by Gasteiger charge is 2.30. The maximum atomic E-state index is 13.4. The lowest BCUT2D eigenvalue weighted by Gasteiger charge is -2.14. The van der Waals surface area contributed by atoms with Gasteiger partial charge in [0.2, 0.25) is 0 Å². The van der Waals surface area contributed by atoms with Crippen LogP contribution in [0.5, 0.6) is 0 Å². The number of urea groups is 1. The lowest BCUT2D eigenvalue weighted by molar-refractivity contribution is -0.141. The fourth-order valence-corrected chi connectivity index (χ4v) is 2.33. The minimum Gasteiger partial charge on any atom is -0.481 e. The highest BCUT2D eigenvalue weighted by Crippen LogP contribution is 2.26. The van der Waals surface area contributed by atoms with Gasteiger partial charge >= 0.3 is 12.0 Å². The molecule has 1 aliphatic carbocycles. The molecule has 1 aromatic carbocycles. The van der Waals surface area contributed by atoms with Crippen molar-refractivity contribution in [1.82, 2.24) is 5.32 Å². The Morgan fingerprint density at radius 1 is 1.14 bits per heavy atom. The molecule has 0 aromatic heterocycles. The molecule has 0 radical (unpaired) electrons. The lowest BCUT2D eigenvalue weighted by atomic mass is 10.1. The number of amides is 2. The van der Waals surface area contributed by atoms with Gasteiger partial charge in [-0.3, -0.25) is 4.79 Å². The van der Waals surface area contributed by atoms with Gasteiger partial charge in [-0.2, -0.15) is 0 Å². The summed E-state index contributed by atoms with van der Waals surface area (Å²) in [6.45, 7) is 0. The van der Waals surface area contributed by atoms with Gasteiger partial charge in [-0.15, -0.1) is 0 Å². The van der Waals surface area contributed by atoms with E-state index in [4.69, 9.17) is 5.11 Å². The summed E-state index contributed by atoms with van der Waals surface area (Å²) in [6, 6.07) is -0.336. The third-order valence-electron chi connectivity index (χ3n) is 3.36. The Labute approximate surface area is 118 Å². The lowest BCUT2D eigenvalue weighted by Crippen LogP contribution is -2.37. The quantitative estimate of drug-likeness (QED) is 0.802. The maximum absolute atomic E-state index is 13.4. The van der Waals surface area contributed by atoms with Crippen LogP contribution in [0, 0.1) is 23.4 Å². The number of carboxylic acids is 1. The van der Waals surface area contributed by atoms with Crippen molar-refractivity contribution in [3.05, 3.63) is 29.6 Å². The zero-order chi connectivity index (χ0) is 15.6. The molecular formula is C13H13F3N2O3. The predicted octanol–water partition coefficient (Wildman–Crippen LogP) is 2.48. The molecule has 0 bridgehead atoms. The molecule has 0 heterocycles. The van der Waals surface area contributed by atoms with Crippen molar-refractivity contribution < 1.29 is 27.9 Å². The monoisotopic (exact) mass is 302 g/mol. The Kier molecular flexibility index (Phi) is 4.35. The van der Waals surface area contributed by atoms with Gasteiger partial charge in [0, 0.05) is 18.2 Å². The first-order valence-corrected chi connectivity index (χ1v) is 6.31. The van der Waals surface area contributed by atoms with Crippen LogP contribution in [-0.2, 0) is 4.79 Å². The van der Waals surface area contributed by atoms with E-state index in [1.165, 1.54) is 0 Å². The summed E-state index contributed by atoms with van der Waals surface area (Å²) < 4.78 is 39.4. The Morgan fingerprint density at radius 3 is 2.29 bits per heavy atom. The average molecular weight is 302 g/mol. The number of benzene rings is 1. The fraction of sp³-hybridized carbons (Fsp3) is 0.385. The second-order valence-electron chi connectivity index (χ2n) is 4.89. The Balaban J connectivity index is 1.96. The van der Waals surface area contributed by atoms with E-state index >= 15 is 0 Å². The van der Waals surface area contributed by atoms with E-state index in [1.54, 1.807) is 0 Å². The van der Waals surface area contributed by atoms with Crippen LogP contribution in [0.25, 0.3) is 0 Å². The summed E-state index contributed by atoms with van der Waals surface area (Å²) >= 11 is 0. The minimum absolute atomic E-state index is 0.261. The number of nitrogens with one attached hydrogen (secondary N) is 2. The van der Waals surface area contributed by atoms with Crippen LogP contribution in [0.4, 0.5) is 23.7 Å². The molecule has 5 nitrogen and oxygen atoms in total. The number of hydrogen-bond donors (Lipinski definition) is 3. The van der Waals surface area contributed by atoms with Gasteiger partial charge in [-0.1, -0.05) is 0 Å². The van der Waals surface area contributed by atoms with Crippen LogP contribution in [0.15, 0.2) is 12.1 Å². The number of carbonyl (C=O) groups is 2. The predicted molar refractivity (Wildman–Crippen MR) is 67.2 cm³/mol. The largest absolute Gasteiger partial charge is 0.481 e. The molecule has 2 rings (SSSR count). The second kappa shape index (κ2) is 6.02. The molecule has 1 saturated carbocycles. The molecule has 1 fully saturated rings. The Morgan fingerprint density at radius 2 is 1.76 bits per heavy atom. The maximum Gasteiger partial charge on any atom is 0.319 e. The summed E-state index contributed by atoms with van der Waals surface area (Å²) in [5.41, 5.74) is -0.748. The van der Waals surface area contributed by atoms with Crippen molar-refractivity contribution >= 4 is 17.7 Å². The molecular weight excluding hydrogens is 289 g/mol. The molecule has 2 unspecified atom stereocenters. The first kappa shape index (κ1) is 15.1. The summed E-state index contributed by atoms with van der Waals surface area (Å²) in [6.07, 6.45) is 1.16. The van der Waals surface area contributed by atoms with E-state index in [9.17, 15) is 22.8 Å². The van der Waals surface area contributed by atoms with Crippen LogP contribution < -0.4 is 10.6 Å². The molecule has 8 heteroatoms. The zero-order valence-electron chi connectivity index (χ0n) is 10.8. The van der Waals surface area contributed by atoms with Gasteiger partial charge in [-0.05, 0) is 19.3 Å². The van der Waals surface area contributed by atoms with Crippen molar-refractivity contribution in [2.45, 2.75) is 25.3 Å². The number of rotatable bonds is 3. The second-order valence-corrected chi connectivity index (χ2v) is 4.89. The molecule has 21 heavy (non-hydrogen) atoms. The van der Waals surface area contributed by atoms with Crippen molar-refractivity contribution in [3.63, 3.8) is 0 Å². The third-order valence-corrected chi connectivity index (χ3v) is 3.36. The molecule has 2 amide bonds. The van der Waals surface area contributed by atoms with Crippen molar-refractivity contribution in [3.8, 4) is 0 Å².